The summed E-state index contributed by atoms with van der Waals surface area (Å²) in [6, 6.07) is 11.0. The largest absolute Gasteiger partial charge is 0.476 e. The number of carbonyl (C=O) groups is 2. The van der Waals surface area contributed by atoms with Gasteiger partial charge in [-0.15, -0.1) is 0 Å². The van der Waals surface area contributed by atoms with Crippen LogP contribution in [0.1, 0.15) is 10.5 Å². The molecule has 2 saturated heterocycles. The molecule has 9 heteroatoms. The Morgan fingerprint density at radius 2 is 1.66 bits per heavy atom. The fraction of sp³-hybridized carbons (Fsp3) is 0.435. The maximum absolute atomic E-state index is 13.6. The summed E-state index contributed by atoms with van der Waals surface area (Å²) in [6.07, 6.45) is 0.884. The zero-order chi connectivity index (χ0) is 21.9. The lowest BCUT2D eigenvalue weighted by atomic mass is 10.1. The second kappa shape index (κ2) is 9.13. The molecule has 3 aliphatic rings. The number of fused-ring (bicyclic) bond motifs is 1. The van der Waals surface area contributed by atoms with Crippen LogP contribution in [-0.2, 0) is 14.3 Å². The van der Waals surface area contributed by atoms with Crippen LogP contribution in [0.2, 0.25) is 0 Å². The monoisotopic (exact) mass is 438 g/mol. The second-order valence-electron chi connectivity index (χ2n) is 7.93. The molecule has 168 valence electrons. The number of nitrogens with zero attached hydrogens (tertiary/aromatic N) is 4. The number of pyridine rings is 1. The first-order chi connectivity index (χ1) is 15.7. The van der Waals surface area contributed by atoms with Gasteiger partial charge in [0.15, 0.2) is 6.10 Å². The van der Waals surface area contributed by atoms with Gasteiger partial charge in [-0.2, -0.15) is 0 Å². The molecule has 32 heavy (non-hydrogen) atoms. The van der Waals surface area contributed by atoms with Crippen molar-refractivity contribution in [3.8, 4) is 5.75 Å². The predicted octanol–water partition coefficient (Wildman–Crippen LogP) is 1.18. The molecule has 1 aromatic heterocycles. The van der Waals surface area contributed by atoms with E-state index < -0.39 is 6.10 Å². The van der Waals surface area contributed by atoms with Crippen molar-refractivity contribution in [2.45, 2.75) is 6.10 Å². The third-order valence-corrected chi connectivity index (χ3v) is 5.96. The van der Waals surface area contributed by atoms with Gasteiger partial charge in [0.1, 0.15) is 11.4 Å². The minimum atomic E-state index is -0.769. The highest BCUT2D eigenvalue weighted by Gasteiger charge is 2.37. The molecule has 0 radical (unpaired) electrons. The zero-order valence-corrected chi connectivity index (χ0v) is 17.8. The van der Waals surface area contributed by atoms with Crippen LogP contribution >= 0.6 is 0 Å². The normalized spacial score (nSPS) is 21.0. The SMILES string of the molecule is O=C([C@@H]1CN(C(=O)c2cc(N3CCOCC3)ccn2)c2ccccc2O1)N1CCOCC1. The van der Waals surface area contributed by atoms with Gasteiger partial charge in [0, 0.05) is 38.1 Å². The summed E-state index contributed by atoms with van der Waals surface area (Å²) in [5.74, 6) is 0.134. The second-order valence-corrected chi connectivity index (χ2v) is 7.93. The van der Waals surface area contributed by atoms with E-state index in [1.807, 2.05) is 30.3 Å². The number of hydrogen-bond acceptors (Lipinski definition) is 7. The van der Waals surface area contributed by atoms with Crippen molar-refractivity contribution >= 4 is 23.2 Å². The summed E-state index contributed by atoms with van der Waals surface area (Å²) in [5, 5.41) is 0. The molecular formula is C23H26N4O5. The number of para-hydroxylation sites is 2. The highest BCUT2D eigenvalue weighted by Crippen LogP contribution is 2.34. The number of aromatic nitrogens is 1. The summed E-state index contributed by atoms with van der Waals surface area (Å²) in [6.45, 7) is 5.07. The van der Waals surface area contributed by atoms with Crippen molar-refractivity contribution in [3.63, 3.8) is 0 Å². The highest BCUT2D eigenvalue weighted by molar-refractivity contribution is 6.07. The summed E-state index contributed by atoms with van der Waals surface area (Å²) in [5.41, 5.74) is 1.92. The Bertz CT molecular complexity index is 988. The van der Waals surface area contributed by atoms with Gasteiger partial charge in [0.05, 0.1) is 38.7 Å². The Balaban J connectivity index is 1.41. The van der Waals surface area contributed by atoms with E-state index in [2.05, 4.69) is 9.88 Å². The van der Waals surface area contributed by atoms with Gasteiger partial charge in [-0.3, -0.25) is 19.5 Å². The lowest BCUT2D eigenvalue weighted by Crippen LogP contribution is -2.54. The fourth-order valence-corrected chi connectivity index (χ4v) is 4.24. The van der Waals surface area contributed by atoms with Crippen molar-refractivity contribution in [1.82, 2.24) is 9.88 Å². The quantitative estimate of drug-likeness (QED) is 0.712. The molecule has 2 amide bonds. The molecular weight excluding hydrogens is 412 g/mol. The van der Waals surface area contributed by atoms with Gasteiger partial charge in [-0.25, -0.2) is 0 Å². The average Bonchev–Trinajstić information content (AvgIpc) is 2.88. The first-order valence-corrected chi connectivity index (χ1v) is 10.9. The molecule has 2 aromatic rings. The number of morpholine rings is 2. The number of ether oxygens (including phenoxy) is 3. The van der Waals surface area contributed by atoms with Crippen LogP contribution < -0.4 is 14.5 Å². The van der Waals surface area contributed by atoms with Crippen LogP contribution in [0, 0.1) is 0 Å². The first kappa shape index (κ1) is 20.7. The maximum Gasteiger partial charge on any atom is 0.277 e. The summed E-state index contributed by atoms with van der Waals surface area (Å²) in [7, 11) is 0. The maximum atomic E-state index is 13.6. The van der Waals surface area contributed by atoms with E-state index in [-0.39, 0.29) is 18.4 Å². The van der Waals surface area contributed by atoms with Crippen LogP contribution in [0.25, 0.3) is 0 Å². The molecule has 5 rings (SSSR count). The van der Waals surface area contributed by atoms with E-state index in [9.17, 15) is 9.59 Å². The third kappa shape index (κ3) is 4.13. The smallest absolute Gasteiger partial charge is 0.277 e. The molecule has 0 aliphatic carbocycles. The van der Waals surface area contributed by atoms with Gasteiger partial charge >= 0.3 is 0 Å². The Morgan fingerprint density at radius 3 is 2.44 bits per heavy atom. The third-order valence-electron chi connectivity index (χ3n) is 5.96. The van der Waals surface area contributed by atoms with Crippen LogP contribution in [0.4, 0.5) is 11.4 Å². The minimum Gasteiger partial charge on any atom is -0.476 e. The van der Waals surface area contributed by atoms with Crippen molar-refractivity contribution in [3.05, 3.63) is 48.3 Å². The number of benzene rings is 1. The fourth-order valence-electron chi connectivity index (χ4n) is 4.24. The van der Waals surface area contributed by atoms with Gasteiger partial charge in [0.25, 0.3) is 11.8 Å². The molecule has 9 nitrogen and oxygen atoms in total. The number of carbonyl (C=O) groups excluding carboxylic acids is 2. The number of hydrogen-bond donors (Lipinski definition) is 0. The van der Waals surface area contributed by atoms with Gasteiger partial charge in [0.2, 0.25) is 0 Å². The van der Waals surface area contributed by atoms with Crippen molar-refractivity contribution in [2.24, 2.45) is 0 Å². The lowest BCUT2D eigenvalue weighted by Gasteiger charge is -2.37. The van der Waals surface area contributed by atoms with Crippen molar-refractivity contribution in [1.29, 1.82) is 0 Å². The Morgan fingerprint density at radius 1 is 0.938 bits per heavy atom. The molecule has 0 spiro atoms. The lowest BCUT2D eigenvalue weighted by molar-refractivity contribution is -0.142. The van der Waals surface area contributed by atoms with E-state index in [0.29, 0.717) is 56.6 Å². The zero-order valence-electron chi connectivity index (χ0n) is 17.8. The standard InChI is InChI=1S/C23H26N4O5/c28-22(18-15-17(5-6-24-18)25-7-11-30-12-8-25)27-16-21(23(29)26-9-13-31-14-10-26)32-20-4-2-1-3-19(20)27/h1-6,15,21H,7-14,16H2/t21-/m0/s1. The van der Waals surface area contributed by atoms with Crippen molar-refractivity contribution < 1.29 is 23.8 Å². The Kier molecular flexibility index (Phi) is 5.91. The van der Waals surface area contributed by atoms with Crippen LogP contribution in [0.15, 0.2) is 42.6 Å². The number of amides is 2. The highest BCUT2D eigenvalue weighted by atomic mass is 16.5. The molecule has 4 heterocycles. The van der Waals surface area contributed by atoms with Crippen LogP contribution in [0.5, 0.6) is 5.75 Å². The Hall–Kier alpha value is -3.17. The molecule has 3 aliphatic heterocycles. The summed E-state index contributed by atoms with van der Waals surface area (Å²) >= 11 is 0. The van der Waals surface area contributed by atoms with Crippen molar-refractivity contribution in [2.75, 3.05) is 69.0 Å². The van der Waals surface area contributed by atoms with Crippen LogP contribution in [-0.4, -0.2) is 87.0 Å². The molecule has 0 saturated carbocycles. The summed E-state index contributed by atoms with van der Waals surface area (Å²) < 4.78 is 16.8. The topological polar surface area (TPSA) is 84.4 Å². The number of anilines is 2. The number of rotatable bonds is 3. The van der Waals surface area contributed by atoms with E-state index in [4.69, 9.17) is 14.2 Å². The minimum absolute atomic E-state index is 0.129. The van der Waals surface area contributed by atoms with E-state index in [1.165, 1.54) is 0 Å². The predicted molar refractivity (Wildman–Crippen MR) is 117 cm³/mol. The van der Waals surface area contributed by atoms with Gasteiger partial charge in [-0.1, -0.05) is 12.1 Å². The molecule has 1 atom stereocenters. The Labute approximate surface area is 186 Å². The van der Waals surface area contributed by atoms with Crippen LogP contribution in [0.3, 0.4) is 0 Å². The molecule has 0 N–H and O–H groups in total. The average molecular weight is 438 g/mol. The first-order valence-electron chi connectivity index (χ1n) is 10.9. The molecule has 0 unspecified atom stereocenters. The van der Waals surface area contributed by atoms with E-state index in [0.717, 1.165) is 18.8 Å². The summed E-state index contributed by atoms with van der Waals surface area (Å²) in [4.78, 5) is 36.5. The van der Waals surface area contributed by atoms with E-state index >= 15 is 0 Å². The van der Waals surface area contributed by atoms with Gasteiger partial charge in [-0.05, 0) is 24.3 Å². The molecule has 0 bridgehead atoms. The molecule has 2 fully saturated rings. The van der Waals surface area contributed by atoms with Gasteiger partial charge < -0.3 is 24.0 Å². The molecule has 1 aromatic carbocycles. The van der Waals surface area contributed by atoms with E-state index in [1.54, 1.807) is 22.1 Å².